The fourth-order valence-corrected chi connectivity index (χ4v) is 2.36. The Labute approximate surface area is 158 Å². The minimum atomic E-state index is -0.509. The number of carbonyl (C=O) groups is 2. The Morgan fingerprint density at radius 1 is 1.19 bits per heavy atom. The number of nitriles is 1. The second-order valence-corrected chi connectivity index (χ2v) is 5.73. The number of esters is 1. The van der Waals surface area contributed by atoms with Crippen LogP contribution in [0.5, 0.6) is 11.5 Å². The number of anilines is 1. The van der Waals surface area contributed by atoms with Gasteiger partial charge in [0.1, 0.15) is 11.6 Å². The first-order valence-corrected chi connectivity index (χ1v) is 8.38. The van der Waals surface area contributed by atoms with Crippen LogP contribution in [0.4, 0.5) is 5.69 Å². The lowest BCUT2D eigenvalue weighted by Gasteiger charge is -2.10. The molecule has 6 nitrogen and oxygen atoms in total. The zero-order valence-electron chi connectivity index (χ0n) is 15.4. The van der Waals surface area contributed by atoms with Crippen LogP contribution in [0.1, 0.15) is 25.0 Å². The maximum absolute atomic E-state index is 12.4. The van der Waals surface area contributed by atoms with Gasteiger partial charge in [0, 0.05) is 12.6 Å². The number of rotatable bonds is 6. The SMILES string of the molecule is CCOc1cc(/C=C(\C#N)C(=O)Nc2cccc(C)c2)ccc1OC(C)=O. The van der Waals surface area contributed by atoms with Crippen molar-refractivity contribution in [1.82, 2.24) is 0 Å². The van der Waals surface area contributed by atoms with Gasteiger partial charge in [-0.1, -0.05) is 18.2 Å². The summed E-state index contributed by atoms with van der Waals surface area (Å²) < 4.78 is 10.6. The molecule has 2 aromatic carbocycles. The third-order valence-electron chi connectivity index (χ3n) is 3.47. The highest BCUT2D eigenvalue weighted by Crippen LogP contribution is 2.29. The minimum Gasteiger partial charge on any atom is -0.490 e. The molecule has 0 saturated carbocycles. The van der Waals surface area contributed by atoms with E-state index in [-0.39, 0.29) is 11.3 Å². The largest absolute Gasteiger partial charge is 0.490 e. The van der Waals surface area contributed by atoms with Crippen LogP contribution < -0.4 is 14.8 Å². The average Bonchev–Trinajstić information content (AvgIpc) is 2.61. The molecule has 1 amide bonds. The highest BCUT2D eigenvalue weighted by Gasteiger charge is 2.12. The number of nitrogens with zero attached hydrogens (tertiary/aromatic N) is 1. The van der Waals surface area contributed by atoms with Gasteiger partial charge in [-0.2, -0.15) is 5.26 Å². The average molecular weight is 364 g/mol. The van der Waals surface area contributed by atoms with Crippen LogP contribution in [0, 0.1) is 18.3 Å². The molecule has 0 aliphatic carbocycles. The van der Waals surface area contributed by atoms with E-state index in [1.165, 1.54) is 13.0 Å². The lowest BCUT2D eigenvalue weighted by Crippen LogP contribution is -2.13. The number of carbonyl (C=O) groups excluding carboxylic acids is 2. The van der Waals surface area contributed by atoms with Gasteiger partial charge >= 0.3 is 5.97 Å². The van der Waals surface area contributed by atoms with E-state index in [9.17, 15) is 14.9 Å². The number of hydrogen-bond acceptors (Lipinski definition) is 5. The third kappa shape index (κ3) is 5.72. The van der Waals surface area contributed by atoms with Crippen molar-refractivity contribution in [3.63, 3.8) is 0 Å². The maximum atomic E-state index is 12.4. The van der Waals surface area contributed by atoms with Crippen LogP contribution in [0.2, 0.25) is 0 Å². The molecular weight excluding hydrogens is 344 g/mol. The monoisotopic (exact) mass is 364 g/mol. The first-order chi connectivity index (χ1) is 12.9. The Bertz CT molecular complexity index is 926. The Balaban J connectivity index is 2.28. The van der Waals surface area contributed by atoms with E-state index in [1.54, 1.807) is 31.2 Å². The molecule has 0 saturated heterocycles. The molecule has 0 heterocycles. The smallest absolute Gasteiger partial charge is 0.308 e. The summed E-state index contributed by atoms with van der Waals surface area (Å²) in [6, 6.07) is 14.0. The van der Waals surface area contributed by atoms with Crippen molar-refractivity contribution >= 4 is 23.6 Å². The van der Waals surface area contributed by atoms with E-state index < -0.39 is 11.9 Å². The van der Waals surface area contributed by atoms with Gasteiger partial charge in [0.2, 0.25) is 0 Å². The van der Waals surface area contributed by atoms with Crippen LogP contribution >= 0.6 is 0 Å². The quantitative estimate of drug-likeness (QED) is 0.364. The number of nitrogens with one attached hydrogen (secondary N) is 1. The lowest BCUT2D eigenvalue weighted by atomic mass is 10.1. The fourth-order valence-electron chi connectivity index (χ4n) is 2.36. The number of amides is 1. The van der Waals surface area contributed by atoms with E-state index in [4.69, 9.17) is 9.47 Å². The predicted molar refractivity (Wildman–Crippen MR) is 102 cm³/mol. The molecule has 6 heteroatoms. The summed E-state index contributed by atoms with van der Waals surface area (Å²) >= 11 is 0. The van der Waals surface area contributed by atoms with E-state index >= 15 is 0 Å². The topological polar surface area (TPSA) is 88.4 Å². The van der Waals surface area contributed by atoms with E-state index in [2.05, 4.69) is 5.32 Å². The van der Waals surface area contributed by atoms with Crippen molar-refractivity contribution in [2.24, 2.45) is 0 Å². The van der Waals surface area contributed by atoms with Crippen molar-refractivity contribution in [3.05, 3.63) is 59.2 Å². The van der Waals surface area contributed by atoms with Crippen molar-refractivity contribution in [2.75, 3.05) is 11.9 Å². The molecule has 0 aliphatic rings. The first-order valence-electron chi connectivity index (χ1n) is 8.38. The molecule has 2 rings (SSSR count). The fraction of sp³-hybridized carbons (Fsp3) is 0.190. The predicted octanol–water partition coefficient (Wildman–Crippen LogP) is 3.86. The van der Waals surface area contributed by atoms with Crippen molar-refractivity contribution in [2.45, 2.75) is 20.8 Å². The van der Waals surface area contributed by atoms with Gasteiger partial charge in [0.05, 0.1) is 6.61 Å². The van der Waals surface area contributed by atoms with E-state index in [0.29, 0.717) is 23.6 Å². The Hall–Kier alpha value is -3.59. The molecule has 1 N–H and O–H groups in total. The minimum absolute atomic E-state index is 0.0563. The molecule has 0 bridgehead atoms. The number of ether oxygens (including phenoxy) is 2. The van der Waals surface area contributed by atoms with Crippen LogP contribution in [0.15, 0.2) is 48.0 Å². The zero-order valence-corrected chi connectivity index (χ0v) is 15.4. The second-order valence-electron chi connectivity index (χ2n) is 5.73. The van der Waals surface area contributed by atoms with Crippen LogP contribution in [0.25, 0.3) is 6.08 Å². The summed E-state index contributed by atoms with van der Waals surface area (Å²) in [6.07, 6.45) is 1.45. The van der Waals surface area contributed by atoms with Crippen LogP contribution in [-0.2, 0) is 9.59 Å². The maximum Gasteiger partial charge on any atom is 0.308 e. The Kier molecular flexibility index (Phi) is 6.73. The van der Waals surface area contributed by atoms with E-state index in [0.717, 1.165) is 5.56 Å². The number of benzene rings is 2. The second kappa shape index (κ2) is 9.20. The summed E-state index contributed by atoms with van der Waals surface area (Å²) in [7, 11) is 0. The summed E-state index contributed by atoms with van der Waals surface area (Å²) in [5, 5.41) is 12.1. The van der Waals surface area contributed by atoms with Crippen LogP contribution in [-0.4, -0.2) is 18.5 Å². The Morgan fingerprint density at radius 2 is 1.96 bits per heavy atom. The summed E-state index contributed by atoms with van der Waals surface area (Å²) in [5.41, 5.74) is 2.13. The summed E-state index contributed by atoms with van der Waals surface area (Å²) in [4.78, 5) is 23.6. The van der Waals surface area contributed by atoms with Gasteiger partial charge in [-0.3, -0.25) is 9.59 Å². The molecule has 0 spiro atoms. The van der Waals surface area contributed by atoms with E-state index in [1.807, 2.05) is 31.2 Å². The third-order valence-corrected chi connectivity index (χ3v) is 3.47. The molecule has 0 atom stereocenters. The molecule has 0 aromatic heterocycles. The van der Waals surface area contributed by atoms with Gasteiger partial charge in [-0.15, -0.1) is 0 Å². The Morgan fingerprint density at radius 3 is 2.59 bits per heavy atom. The molecule has 2 aromatic rings. The molecule has 0 radical (unpaired) electrons. The van der Waals surface area contributed by atoms with Crippen molar-refractivity contribution in [3.8, 4) is 17.6 Å². The molecule has 0 unspecified atom stereocenters. The normalized spacial score (nSPS) is 10.7. The highest BCUT2D eigenvalue weighted by atomic mass is 16.6. The first kappa shape index (κ1) is 19.7. The number of hydrogen-bond donors (Lipinski definition) is 1. The zero-order chi connectivity index (χ0) is 19.8. The standard InChI is InChI=1S/C21H20N2O4/c1-4-26-20-12-16(8-9-19(20)27-15(3)24)11-17(13-22)21(25)23-18-7-5-6-14(2)10-18/h5-12H,4H2,1-3H3,(H,23,25)/b17-11+. The molecule has 138 valence electrons. The highest BCUT2D eigenvalue weighted by molar-refractivity contribution is 6.09. The van der Waals surface area contributed by atoms with Gasteiger partial charge in [0.15, 0.2) is 11.5 Å². The van der Waals surface area contributed by atoms with Crippen molar-refractivity contribution in [1.29, 1.82) is 5.26 Å². The summed E-state index contributed by atoms with van der Waals surface area (Å²) in [6.45, 7) is 5.39. The molecule has 0 fully saturated rings. The molecular formula is C21H20N2O4. The van der Waals surface area contributed by atoms with Gasteiger partial charge in [0.25, 0.3) is 5.91 Å². The van der Waals surface area contributed by atoms with Crippen LogP contribution in [0.3, 0.4) is 0 Å². The van der Waals surface area contributed by atoms with Gasteiger partial charge in [-0.25, -0.2) is 0 Å². The van der Waals surface area contributed by atoms with Gasteiger partial charge in [-0.05, 0) is 55.3 Å². The molecule has 27 heavy (non-hydrogen) atoms. The van der Waals surface area contributed by atoms with Crippen molar-refractivity contribution < 1.29 is 19.1 Å². The molecule has 0 aliphatic heterocycles. The number of aryl methyl sites for hydroxylation is 1. The van der Waals surface area contributed by atoms with Gasteiger partial charge < -0.3 is 14.8 Å². The lowest BCUT2D eigenvalue weighted by molar-refractivity contribution is -0.132. The summed E-state index contributed by atoms with van der Waals surface area (Å²) in [5.74, 6) is -0.332.